The molecule has 3 rings (SSSR count). The Kier molecular flexibility index (Phi) is 8.88. The number of carbonyl (C=O) groups excluding carboxylic acids is 1. The van der Waals surface area contributed by atoms with Crippen molar-refractivity contribution >= 4 is 62.3 Å². The van der Waals surface area contributed by atoms with Crippen LogP contribution in [0, 0.1) is 0 Å². The highest BCUT2D eigenvalue weighted by atomic mass is 32.2. The molecule has 0 amide bonds. The zero-order valence-corrected chi connectivity index (χ0v) is 22.3. The number of thiocarbonyl (C=S) groups is 2. The van der Waals surface area contributed by atoms with Crippen molar-refractivity contribution in [1.29, 1.82) is 0 Å². The van der Waals surface area contributed by atoms with E-state index in [9.17, 15) is 4.79 Å². The predicted molar refractivity (Wildman–Crippen MR) is 151 cm³/mol. The lowest BCUT2D eigenvalue weighted by Gasteiger charge is -2.25. The molecule has 0 aromatic heterocycles. The highest BCUT2D eigenvalue weighted by Gasteiger charge is 2.24. The fraction of sp³-hybridized carbons (Fsp3) is 0.222. The van der Waals surface area contributed by atoms with Crippen molar-refractivity contribution < 1.29 is 9.53 Å². The molecule has 0 saturated heterocycles. The number of hydrogen-bond acceptors (Lipinski definition) is 6. The van der Waals surface area contributed by atoms with Crippen molar-refractivity contribution in [3.8, 4) is 11.1 Å². The summed E-state index contributed by atoms with van der Waals surface area (Å²) in [6.45, 7) is 6.20. The summed E-state index contributed by atoms with van der Waals surface area (Å²) < 4.78 is 6.18. The van der Waals surface area contributed by atoms with E-state index in [2.05, 4.69) is 62.4 Å². The molecule has 170 valence electrons. The second-order valence-corrected chi connectivity index (χ2v) is 12.3. The van der Waals surface area contributed by atoms with Crippen LogP contribution in [0.5, 0.6) is 0 Å². The molecular weight excluding hydrogens is 485 g/mol. The van der Waals surface area contributed by atoms with Gasteiger partial charge in [-0.1, -0.05) is 103 Å². The van der Waals surface area contributed by atoms with Gasteiger partial charge in [0.1, 0.15) is 5.25 Å². The Bertz CT molecular complexity index is 1160. The minimum Gasteiger partial charge on any atom is -0.468 e. The number of thioether (sulfide) groups is 2. The topological polar surface area (TPSA) is 26.3 Å². The molecule has 0 aliphatic carbocycles. The van der Waals surface area contributed by atoms with Gasteiger partial charge < -0.3 is 4.74 Å². The maximum absolute atomic E-state index is 11.8. The van der Waals surface area contributed by atoms with Crippen molar-refractivity contribution in [3.63, 3.8) is 0 Å². The van der Waals surface area contributed by atoms with Crippen LogP contribution in [0.15, 0.2) is 78.9 Å². The summed E-state index contributed by atoms with van der Waals surface area (Å²) in [5.41, 5.74) is 5.39. The first-order valence-electron chi connectivity index (χ1n) is 10.5. The average Bonchev–Trinajstić information content (AvgIpc) is 2.83. The standard InChI is InChI=1S/C27H26O2S4/c1-18(24(28)29-4)32-25(30)22-14-8-12-20(16-22)21-13-9-15-23(17-21)27(2,3)33-26(31)19-10-6-5-7-11-19/h5-18H,1-4H3. The normalized spacial score (nSPS) is 12.1. The van der Waals surface area contributed by atoms with Crippen LogP contribution < -0.4 is 0 Å². The van der Waals surface area contributed by atoms with Gasteiger partial charge in [0.15, 0.2) is 0 Å². The van der Waals surface area contributed by atoms with Crippen LogP contribution in [0.1, 0.15) is 37.5 Å². The summed E-state index contributed by atoms with van der Waals surface area (Å²) in [5.74, 6) is -0.278. The Hall–Kier alpha value is -1.99. The summed E-state index contributed by atoms with van der Waals surface area (Å²) in [5, 5.41) is -0.347. The third-order valence-electron chi connectivity index (χ3n) is 5.16. The number of carbonyl (C=O) groups is 1. The summed E-state index contributed by atoms with van der Waals surface area (Å²) in [6.07, 6.45) is 0. The van der Waals surface area contributed by atoms with Gasteiger partial charge in [-0.3, -0.25) is 4.79 Å². The van der Waals surface area contributed by atoms with Gasteiger partial charge in [-0.05, 0) is 60.7 Å². The first kappa shape index (κ1) is 25.6. The summed E-state index contributed by atoms with van der Waals surface area (Å²) >= 11 is 14.3. The van der Waals surface area contributed by atoms with Gasteiger partial charge in [-0.15, -0.1) is 11.8 Å². The van der Waals surface area contributed by atoms with E-state index in [-0.39, 0.29) is 16.0 Å². The third kappa shape index (κ3) is 6.76. The van der Waals surface area contributed by atoms with Gasteiger partial charge in [-0.25, -0.2) is 0 Å². The van der Waals surface area contributed by atoms with Crippen molar-refractivity contribution in [2.45, 2.75) is 30.8 Å². The first-order chi connectivity index (χ1) is 15.7. The minimum absolute atomic E-state index is 0.193. The molecule has 0 heterocycles. The van der Waals surface area contributed by atoms with Crippen LogP contribution >= 0.6 is 48.0 Å². The molecule has 0 fully saturated rings. The molecule has 2 nitrogen and oxygen atoms in total. The number of rotatable bonds is 7. The lowest BCUT2D eigenvalue weighted by Crippen LogP contribution is -2.16. The van der Waals surface area contributed by atoms with E-state index >= 15 is 0 Å². The Labute approximate surface area is 215 Å². The Morgan fingerprint density at radius 3 is 2.12 bits per heavy atom. The second-order valence-electron chi connectivity index (χ2n) is 8.00. The smallest absolute Gasteiger partial charge is 0.318 e. The third-order valence-corrected chi connectivity index (χ3v) is 8.34. The molecule has 0 N–H and O–H groups in total. The van der Waals surface area contributed by atoms with Crippen molar-refractivity contribution in [2.75, 3.05) is 7.11 Å². The van der Waals surface area contributed by atoms with E-state index in [1.807, 2.05) is 30.3 Å². The van der Waals surface area contributed by atoms with Gasteiger partial charge in [0.2, 0.25) is 0 Å². The SMILES string of the molecule is COC(=O)C(C)SC(=S)c1cccc(-c2cccc(C(C)(C)SC(=S)c3ccccc3)c2)c1. The largest absolute Gasteiger partial charge is 0.468 e. The molecule has 0 bridgehead atoms. The molecule has 3 aromatic rings. The Morgan fingerprint density at radius 1 is 0.848 bits per heavy atom. The second kappa shape index (κ2) is 11.4. The minimum atomic E-state index is -0.347. The van der Waals surface area contributed by atoms with Crippen LogP contribution in [0.2, 0.25) is 0 Å². The highest BCUT2D eigenvalue weighted by Crippen LogP contribution is 2.39. The van der Waals surface area contributed by atoms with Crippen LogP contribution in [0.25, 0.3) is 11.1 Å². The van der Waals surface area contributed by atoms with Gasteiger partial charge in [-0.2, -0.15) is 0 Å². The van der Waals surface area contributed by atoms with Gasteiger partial charge >= 0.3 is 5.97 Å². The van der Waals surface area contributed by atoms with Crippen LogP contribution in [-0.4, -0.2) is 26.7 Å². The summed E-state index contributed by atoms with van der Waals surface area (Å²) in [4.78, 5) is 11.8. The molecule has 1 unspecified atom stereocenters. The first-order valence-corrected chi connectivity index (χ1v) is 13.0. The van der Waals surface area contributed by atoms with E-state index < -0.39 is 0 Å². The monoisotopic (exact) mass is 510 g/mol. The quantitative estimate of drug-likeness (QED) is 0.239. The molecule has 1 atom stereocenters. The number of methoxy groups -OCH3 is 1. The zero-order chi connectivity index (χ0) is 24.0. The lowest BCUT2D eigenvalue weighted by atomic mass is 9.96. The molecule has 0 saturated carbocycles. The lowest BCUT2D eigenvalue weighted by molar-refractivity contribution is -0.139. The molecule has 0 aliphatic rings. The van der Waals surface area contributed by atoms with Crippen molar-refractivity contribution in [1.82, 2.24) is 0 Å². The molecular formula is C27H26O2S4. The van der Waals surface area contributed by atoms with Crippen LogP contribution in [0.3, 0.4) is 0 Å². The number of benzene rings is 3. The molecule has 0 aliphatic heterocycles. The Morgan fingerprint density at radius 2 is 1.45 bits per heavy atom. The number of hydrogen-bond donors (Lipinski definition) is 0. The summed E-state index contributed by atoms with van der Waals surface area (Å²) in [7, 11) is 1.39. The number of esters is 1. The molecule has 33 heavy (non-hydrogen) atoms. The van der Waals surface area contributed by atoms with Crippen LogP contribution in [-0.2, 0) is 14.3 Å². The van der Waals surface area contributed by atoms with Gasteiger partial charge in [0.25, 0.3) is 0 Å². The predicted octanol–water partition coefficient (Wildman–Crippen LogP) is 7.67. The van der Waals surface area contributed by atoms with E-state index in [4.69, 9.17) is 29.2 Å². The van der Waals surface area contributed by atoms with Crippen molar-refractivity contribution in [2.24, 2.45) is 0 Å². The number of ether oxygens (including phenoxy) is 1. The van der Waals surface area contributed by atoms with E-state index in [0.29, 0.717) is 4.20 Å². The maximum atomic E-state index is 11.8. The van der Waals surface area contributed by atoms with Gasteiger partial charge in [0.05, 0.1) is 15.5 Å². The molecule has 0 spiro atoms. The average molecular weight is 511 g/mol. The van der Waals surface area contributed by atoms with Crippen LogP contribution in [0.4, 0.5) is 0 Å². The summed E-state index contributed by atoms with van der Waals surface area (Å²) in [6, 6.07) is 26.8. The Balaban J connectivity index is 1.82. The van der Waals surface area contributed by atoms with E-state index in [1.54, 1.807) is 18.7 Å². The van der Waals surface area contributed by atoms with E-state index in [0.717, 1.165) is 26.5 Å². The van der Waals surface area contributed by atoms with Gasteiger partial charge in [0, 0.05) is 4.75 Å². The zero-order valence-electron chi connectivity index (χ0n) is 19.0. The molecule has 0 radical (unpaired) electrons. The molecule has 6 heteroatoms. The fourth-order valence-electron chi connectivity index (χ4n) is 3.27. The molecule has 3 aromatic carbocycles. The van der Waals surface area contributed by atoms with E-state index in [1.165, 1.54) is 24.4 Å². The van der Waals surface area contributed by atoms with Crippen molar-refractivity contribution in [3.05, 3.63) is 95.6 Å². The fourth-order valence-corrected chi connectivity index (χ4v) is 6.33. The maximum Gasteiger partial charge on any atom is 0.318 e. The highest BCUT2D eigenvalue weighted by molar-refractivity contribution is 8.24.